The summed E-state index contributed by atoms with van der Waals surface area (Å²) in [6.07, 6.45) is -1.98. The average Bonchev–Trinajstić information content (AvgIpc) is 2.27. The topological polar surface area (TPSA) is 74.6 Å². The number of hydrogen-bond acceptors (Lipinski definition) is 3. The molecule has 2 atom stereocenters. The second-order valence-electron chi connectivity index (χ2n) is 3.46. The molecule has 0 aliphatic rings. The molecule has 1 aromatic carbocycles. The van der Waals surface area contributed by atoms with Crippen LogP contribution in [0.4, 0.5) is 4.39 Å². The summed E-state index contributed by atoms with van der Waals surface area (Å²) in [6.45, 7) is 1.60. The van der Waals surface area contributed by atoms with Crippen LogP contribution in [0.15, 0.2) is 18.2 Å². The molecule has 0 saturated heterocycles. The fourth-order valence-electron chi connectivity index (χ4n) is 1.27. The Bertz CT molecular complexity index is 459. The fourth-order valence-corrected chi connectivity index (χ4v) is 1.53. The lowest BCUT2D eigenvalue weighted by Gasteiger charge is -2.10. The van der Waals surface area contributed by atoms with Crippen molar-refractivity contribution in [2.24, 2.45) is 0 Å². The third-order valence-electron chi connectivity index (χ3n) is 2.17. The Balaban J connectivity index is 3.19. The van der Waals surface area contributed by atoms with Gasteiger partial charge in [-0.1, -0.05) is 15.9 Å². The van der Waals surface area contributed by atoms with E-state index >= 15 is 0 Å². The van der Waals surface area contributed by atoms with Crippen LogP contribution in [-0.2, 0) is 4.79 Å². The zero-order valence-electron chi connectivity index (χ0n) is 8.85. The normalized spacial score (nSPS) is 14.1. The van der Waals surface area contributed by atoms with E-state index in [-0.39, 0.29) is 11.3 Å². The minimum absolute atomic E-state index is 0.145. The smallest absolute Gasteiger partial charge is 0.337 e. The highest BCUT2D eigenvalue weighted by Crippen LogP contribution is 2.20. The monoisotopic (exact) mass is 304 g/mol. The summed E-state index contributed by atoms with van der Waals surface area (Å²) < 4.78 is 13.3. The number of carbonyl (C=O) groups excluding carboxylic acids is 1. The number of halogens is 2. The maximum atomic E-state index is 13.3. The van der Waals surface area contributed by atoms with Crippen LogP contribution in [0.3, 0.4) is 0 Å². The van der Waals surface area contributed by atoms with Crippen molar-refractivity contribution in [3.63, 3.8) is 0 Å². The van der Waals surface area contributed by atoms with Gasteiger partial charge in [-0.2, -0.15) is 0 Å². The van der Waals surface area contributed by atoms with Crippen molar-refractivity contribution in [3.05, 3.63) is 35.1 Å². The van der Waals surface area contributed by atoms with Crippen molar-refractivity contribution in [2.75, 3.05) is 0 Å². The van der Waals surface area contributed by atoms with Crippen molar-refractivity contribution in [2.45, 2.75) is 17.9 Å². The number of hydrogen-bond donors (Lipinski definition) is 2. The summed E-state index contributed by atoms with van der Waals surface area (Å²) in [5.74, 6) is -2.75. The van der Waals surface area contributed by atoms with Crippen molar-refractivity contribution >= 4 is 27.7 Å². The van der Waals surface area contributed by atoms with E-state index in [0.29, 0.717) is 0 Å². The van der Waals surface area contributed by atoms with Crippen LogP contribution in [-0.4, -0.2) is 26.8 Å². The average molecular weight is 305 g/mol. The molecular weight excluding hydrogens is 295 g/mol. The van der Waals surface area contributed by atoms with Crippen molar-refractivity contribution < 1.29 is 24.2 Å². The SMILES string of the molecule is CC(Br)C(=O)c1ccc(F)c(C(O)C(=O)O)c1. The van der Waals surface area contributed by atoms with E-state index in [2.05, 4.69) is 15.9 Å². The van der Waals surface area contributed by atoms with Crippen molar-refractivity contribution in [1.82, 2.24) is 0 Å². The highest BCUT2D eigenvalue weighted by atomic mass is 79.9. The van der Waals surface area contributed by atoms with E-state index in [1.54, 1.807) is 6.92 Å². The molecule has 92 valence electrons. The van der Waals surface area contributed by atoms with Crippen molar-refractivity contribution in [1.29, 1.82) is 0 Å². The number of rotatable bonds is 4. The van der Waals surface area contributed by atoms with Gasteiger partial charge in [-0.15, -0.1) is 0 Å². The van der Waals surface area contributed by atoms with Gasteiger partial charge in [0.15, 0.2) is 11.9 Å². The lowest BCUT2D eigenvalue weighted by atomic mass is 10.0. The van der Waals surface area contributed by atoms with Crippen LogP contribution < -0.4 is 0 Å². The number of Topliss-reactive ketones (excluding diaryl/α,β-unsaturated/α-hetero) is 1. The number of aliphatic hydroxyl groups is 1. The van der Waals surface area contributed by atoms with Crippen LogP contribution in [0.25, 0.3) is 0 Å². The maximum absolute atomic E-state index is 13.3. The highest BCUT2D eigenvalue weighted by Gasteiger charge is 2.22. The Labute approximate surface area is 105 Å². The van der Waals surface area contributed by atoms with Crippen LogP contribution in [0.5, 0.6) is 0 Å². The molecule has 0 aliphatic heterocycles. The Hall–Kier alpha value is -1.27. The third-order valence-corrected chi connectivity index (χ3v) is 2.59. The molecule has 0 aromatic heterocycles. The molecule has 6 heteroatoms. The molecule has 0 spiro atoms. The molecule has 0 saturated carbocycles. The molecule has 0 bridgehead atoms. The molecule has 2 N–H and O–H groups in total. The molecule has 1 aromatic rings. The minimum atomic E-state index is -1.98. The number of aliphatic carboxylic acids is 1. The predicted octanol–water partition coefficient (Wildman–Crippen LogP) is 1.91. The van der Waals surface area contributed by atoms with Crippen LogP contribution >= 0.6 is 15.9 Å². The summed E-state index contributed by atoms with van der Waals surface area (Å²) in [6, 6.07) is 3.26. The number of benzene rings is 1. The van der Waals surface area contributed by atoms with E-state index in [9.17, 15) is 19.1 Å². The Morgan fingerprint density at radius 2 is 2.00 bits per heavy atom. The molecule has 0 fully saturated rings. The van der Waals surface area contributed by atoms with Crippen LogP contribution in [0.2, 0.25) is 0 Å². The molecule has 4 nitrogen and oxygen atoms in total. The zero-order chi connectivity index (χ0) is 13.2. The highest BCUT2D eigenvalue weighted by molar-refractivity contribution is 9.10. The number of alkyl halides is 1. The molecule has 0 radical (unpaired) electrons. The predicted molar refractivity (Wildman–Crippen MR) is 61.7 cm³/mol. The summed E-state index contributed by atoms with van der Waals surface area (Å²) in [5, 5.41) is 17.8. The Morgan fingerprint density at radius 3 is 2.47 bits per heavy atom. The second-order valence-corrected chi connectivity index (χ2v) is 4.83. The maximum Gasteiger partial charge on any atom is 0.337 e. The second kappa shape index (κ2) is 5.37. The molecule has 0 heterocycles. The Morgan fingerprint density at radius 1 is 1.41 bits per heavy atom. The quantitative estimate of drug-likeness (QED) is 0.658. The Kier molecular flexibility index (Phi) is 4.36. The molecule has 2 unspecified atom stereocenters. The molecule has 1 rings (SSSR count). The van der Waals surface area contributed by atoms with E-state index in [4.69, 9.17) is 5.11 Å². The summed E-state index contributed by atoms with van der Waals surface area (Å²) in [5.41, 5.74) is -0.275. The first-order valence-electron chi connectivity index (χ1n) is 4.73. The number of carboxylic acids is 1. The van der Waals surface area contributed by atoms with Gasteiger partial charge in [0.25, 0.3) is 0 Å². The number of ketones is 1. The van der Waals surface area contributed by atoms with Crippen LogP contribution in [0.1, 0.15) is 28.9 Å². The largest absolute Gasteiger partial charge is 0.479 e. The lowest BCUT2D eigenvalue weighted by molar-refractivity contribution is -0.147. The third kappa shape index (κ3) is 3.10. The summed E-state index contributed by atoms with van der Waals surface area (Å²) in [4.78, 5) is 21.7. The minimum Gasteiger partial charge on any atom is -0.479 e. The fraction of sp³-hybridized carbons (Fsp3) is 0.273. The van der Waals surface area contributed by atoms with Crippen LogP contribution in [0, 0.1) is 5.82 Å². The van der Waals surface area contributed by atoms with Gasteiger partial charge in [-0.05, 0) is 25.1 Å². The van der Waals surface area contributed by atoms with Gasteiger partial charge >= 0.3 is 5.97 Å². The van der Waals surface area contributed by atoms with Gasteiger partial charge < -0.3 is 10.2 Å². The van der Waals surface area contributed by atoms with E-state index in [1.165, 1.54) is 6.07 Å². The van der Waals surface area contributed by atoms with Crippen molar-refractivity contribution in [3.8, 4) is 0 Å². The van der Waals surface area contributed by atoms with Gasteiger partial charge in [-0.3, -0.25) is 4.79 Å². The van der Waals surface area contributed by atoms with Gasteiger partial charge in [0.2, 0.25) is 0 Å². The number of carbonyl (C=O) groups is 2. The number of aliphatic hydroxyl groups excluding tert-OH is 1. The van der Waals surface area contributed by atoms with E-state index < -0.39 is 28.3 Å². The van der Waals surface area contributed by atoms with Gasteiger partial charge in [-0.25, -0.2) is 9.18 Å². The standard InChI is InChI=1S/C11H10BrFO4/c1-5(12)9(14)6-2-3-8(13)7(4-6)10(15)11(16)17/h2-5,10,15H,1H3,(H,16,17). The lowest BCUT2D eigenvalue weighted by Crippen LogP contribution is -2.15. The zero-order valence-corrected chi connectivity index (χ0v) is 10.4. The molecule has 0 amide bonds. The molecular formula is C11H10BrFO4. The number of carboxylic acid groups (broad SMARTS) is 1. The molecule has 0 aliphatic carbocycles. The van der Waals surface area contributed by atoms with Gasteiger partial charge in [0, 0.05) is 11.1 Å². The van der Waals surface area contributed by atoms with Gasteiger partial charge in [0.1, 0.15) is 5.82 Å². The summed E-state index contributed by atoms with van der Waals surface area (Å²) >= 11 is 3.06. The first-order chi connectivity index (χ1) is 7.84. The first-order valence-corrected chi connectivity index (χ1v) is 5.64. The van der Waals surface area contributed by atoms with E-state index in [1.807, 2.05) is 0 Å². The first kappa shape index (κ1) is 13.8. The van der Waals surface area contributed by atoms with E-state index in [0.717, 1.165) is 12.1 Å². The molecule has 17 heavy (non-hydrogen) atoms. The summed E-state index contributed by atoms with van der Waals surface area (Å²) in [7, 11) is 0. The van der Waals surface area contributed by atoms with Gasteiger partial charge in [0.05, 0.1) is 4.83 Å².